The molecular formula is C12H18ClNOS. The molecule has 1 heterocycles. The van der Waals surface area contributed by atoms with Crippen LogP contribution in [0, 0.1) is 5.92 Å². The molecular weight excluding hydrogens is 242 g/mol. The Morgan fingerprint density at radius 3 is 2.62 bits per heavy atom. The fourth-order valence-electron chi connectivity index (χ4n) is 1.57. The van der Waals surface area contributed by atoms with E-state index < -0.39 is 0 Å². The maximum absolute atomic E-state index is 12.0. The highest BCUT2D eigenvalue weighted by atomic mass is 35.5. The first-order valence-electron chi connectivity index (χ1n) is 5.56. The largest absolute Gasteiger partial charge is 0.328 e. The van der Waals surface area contributed by atoms with Crippen LogP contribution in [-0.4, -0.2) is 11.8 Å². The minimum Gasteiger partial charge on any atom is -0.328 e. The topological polar surface area (TPSA) is 43.1 Å². The second-order valence-electron chi connectivity index (χ2n) is 4.28. The van der Waals surface area contributed by atoms with Gasteiger partial charge in [0.25, 0.3) is 0 Å². The van der Waals surface area contributed by atoms with Gasteiger partial charge >= 0.3 is 0 Å². The van der Waals surface area contributed by atoms with Gasteiger partial charge in [0.15, 0.2) is 5.78 Å². The first kappa shape index (κ1) is 13.7. The summed E-state index contributed by atoms with van der Waals surface area (Å²) < 4.78 is 0.672. The van der Waals surface area contributed by atoms with Crippen molar-refractivity contribution in [2.45, 2.75) is 39.2 Å². The Morgan fingerprint density at radius 1 is 1.44 bits per heavy atom. The van der Waals surface area contributed by atoms with Gasteiger partial charge in [0.05, 0.1) is 9.21 Å². The standard InChI is InChI=1S/C12H18ClNOS/c1-8(4-3-5-9(2)14)12(15)10-6-7-11(13)16-10/h6-9H,3-5,14H2,1-2H3. The Labute approximate surface area is 106 Å². The molecule has 0 spiro atoms. The number of thiophene rings is 1. The van der Waals surface area contributed by atoms with Crippen molar-refractivity contribution < 1.29 is 4.79 Å². The number of rotatable bonds is 6. The van der Waals surface area contributed by atoms with Gasteiger partial charge in [-0.25, -0.2) is 0 Å². The van der Waals surface area contributed by atoms with Crippen LogP contribution in [0.15, 0.2) is 12.1 Å². The van der Waals surface area contributed by atoms with E-state index in [1.807, 2.05) is 13.8 Å². The Hall–Kier alpha value is -0.380. The zero-order chi connectivity index (χ0) is 12.1. The molecule has 2 nitrogen and oxygen atoms in total. The summed E-state index contributed by atoms with van der Waals surface area (Å²) in [7, 11) is 0. The van der Waals surface area contributed by atoms with Gasteiger partial charge in [-0.15, -0.1) is 11.3 Å². The lowest BCUT2D eigenvalue weighted by Crippen LogP contribution is -2.16. The van der Waals surface area contributed by atoms with Crippen LogP contribution in [0.25, 0.3) is 0 Å². The number of Topliss-reactive ketones (excluding diaryl/α,β-unsaturated/α-hetero) is 1. The van der Waals surface area contributed by atoms with Crippen molar-refractivity contribution in [1.29, 1.82) is 0 Å². The fourth-order valence-corrected chi connectivity index (χ4v) is 2.66. The van der Waals surface area contributed by atoms with Crippen LogP contribution < -0.4 is 5.73 Å². The fraction of sp³-hybridized carbons (Fsp3) is 0.583. The van der Waals surface area contributed by atoms with E-state index in [0.717, 1.165) is 24.1 Å². The summed E-state index contributed by atoms with van der Waals surface area (Å²) in [6.45, 7) is 3.96. The van der Waals surface area contributed by atoms with Gasteiger partial charge in [0.1, 0.15) is 0 Å². The van der Waals surface area contributed by atoms with Crippen molar-refractivity contribution in [3.8, 4) is 0 Å². The van der Waals surface area contributed by atoms with Gasteiger partial charge in [0.2, 0.25) is 0 Å². The van der Waals surface area contributed by atoms with Crippen molar-refractivity contribution in [2.75, 3.05) is 0 Å². The Bertz CT molecular complexity index is 349. The number of hydrogen-bond donors (Lipinski definition) is 1. The number of hydrogen-bond acceptors (Lipinski definition) is 3. The summed E-state index contributed by atoms with van der Waals surface area (Å²) in [6, 6.07) is 3.80. The summed E-state index contributed by atoms with van der Waals surface area (Å²) in [5.41, 5.74) is 5.67. The second kappa shape index (κ2) is 6.38. The van der Waals surface area contributed by atoms with E-state index in [0.29, 0.717) is 4.34 Å². The average molecular weight is 260 g/mol. The average Bonchev–Trinajstić information content (AvgIpc) is 2.63. The third kappa shape index (κ3) is 4.24. The molecule has 4 heteroatoms. The van der Waals surface area contributed by atoms with E-state index >= 15 is 0 Å². The number of carbonyl (C=O) groups excluding carboxylic acids is 1. The number of halogens is 1. The van der Waals surface area contributed by atoms with Crippen molar-refractivity contribution in [3.05, 3.63) is 21.3 Å². The Morgan fingerprint density at radius 2 is 2.12 bits per heavy atom. The lowest BCUT2D eigenvalue weighted by Gasteiger charge is -2.10. The van der Waals surface area contributed by atoms with E-state index in [1.165, 1.54) is 11.3 Å². The van der Waals surface area contributed by atoms with E-state index in [-0.39, 0.29) is 17.7 Å². The number of ketones is 1. The molecule has 0 radical (unpaired) electrons. The van der Waals surface area contributed by atoms with E-state index in [1.54, 1.807) is 12.1 Å². The van der Waals surface area contributed by atoms with Gasteiger partial charge in [-0.05, 0) is 31.9 Å². The predicted octanol–water partition coefficient (Wildman–Crippen LogP) is 3.74. The van der Waals surface area contributed by atoms with Gasteiger partial charge in [-0.3, -0.25) is 4.79 Å². The Kier molecular flexibility index (Phi) is 5.46. The lowest BCUT2D eigenvalue weighted by molar-refractivity contribution is 0.0926. The van der Waals surface area contributed by atoms with Gasteiger partial charge in [0, 0.05) is 12.0 Å². The smallest absolute Gasteiger partial charge is 0.175 e. The van der Waals surface area contributed by atoms with Crippen LogP contribution in [0.5, 0.6) is 0 Å². The minimum absolute atomic E-state index is 0.0634. The summed E-state index contributed by atoms with van der Waals surface area (Å²) in [6.07, 6.45) is 2.88. The predicted molar refractivity (Wildman–Crippen MR) is 70.3 cm³/mol. The van der Waals surface area contributed by atoms with Crippen LogP contribution in [0.2, 0.25) is 4.34 Å². The van der Waals surface area contributed by atoms with Gasteiger partial charge in [-0.1, -0.05) is 24.9 Å². The van der Waals surface area contributed by atoms with Crippen LogP contribution in [0.3, 0.4) is 0 Å². The molecule has 2 N–H and O–H groups in total. The SMILES string of the molecule is CC(N)CCCC(C)C(=O)c1ccc(Cl)s1. The molecule has 0 aliphatic heterocycles. The molecule has 2 atom stereocenters. The van der Waals surface area contributed by atoms with Crippen LogP contribution in [0.4, 0.5) is 0 Å². The third-order valence-electron chi connectivity index (χ3n) is 2.56. The van der Waals surface area contributed by atoms with Crippen LogP contribution in [-0.2, 0) is 0 Å². The van der Waals surface area contributed by atoms with Gasteiger partial charge in [-0.2, -0.15) is 0 Å². The molecule has 1 aromatic heterocycles. The quantitative estimate of drug-likeness (QED) is 0.791. The molecule has 16 heavy (non-hydrogen) atoms. The molecule has 0 amide bonds. The summed E-state index contributed by atoms with van der Waals surface area (Å²) in [4.78, 5) is 12.7. The zero-order valence-corrected chi connectivity index (χ0v) is 11.3. The van der Waals surface area contributed by atoms with Crippen molar-refractivity contribution in [3.63, 3.8) is 0 Å². The molecule has 0 saturated carbocycles. The Balaban J connectivity index is 2.42. The third-order valence-corrected chi connectivity index (χ3v) is 3.81. The molecule has 1 aromatic rings. The minimum atomic E-state index is 0.0634. The maximum Gasteiger partial charge on any atom is 0.175 e. The molecule has 0 aliphatic rings. The highest BCUT2D eigenvalue weighted by Crippen LogP contribution is 2.25. The van der Waals surface area contributed by atoms with Crippen LogP contribution in [0.1, 0.15) is 42.8 Å². The van der Waals surface area contributed by atoms with E-state index in [4.69, 9.17) is 17.3 Å². The van der Waals surface area contributed by atoms with Crippen LogP contribution >= 0.6 is 22.9 Å². The molecule has 2 unspecified atom stereocenters. The zero-order valence-electron chi connectivity index (χ0n) is 9.70. The van der Waals surface area contributed by atoms with E-state index in [9.17, 15) is 4.79 Å². The molecule has 0 bridgehead atoms. The van der Waals surface area contributed by atoms with Crippen molar-refractivity contribution >= 4 is 28.7 Å². The first-order valence-corrected chi connectivity index (χ1v) is 6.75. The van der Waals surface area contributed by atoms with Crippen molar-refractivity contribution in [1.82, 2.24) is 0 Å². The van der Waals surface area contributed by atoms with Crippen molar-refractivity contribution in [2.24, 2.45) is 11.7 Å². The highest BCUT2D eigenvalue weighted by Gasteiger charge is 2.16. The lowest BCUT2D eigenvalue weighted by atomic mass is 9.97. The van der Waals surface area contributed by atoms with Gasteiger partial charge < -0.3 is 5.73 Å². The monoisotopic (exact) mass is 259 g/mol. The summed E-state index contributed by atoms with van der Waals surface area (Å²) >= 11 is 7.16. The summed E-state index contributed by atoms with van der Waals surface area (Å²) in [5, 5.41) is 0. The molecule has 0 saturated heterocycles. The maximum atomic E-state index is 12.0. The molecule has 0 aliphatic carbocycles. The molecule has 1 rings (SSSR count). The second-order valence-corrected chi connectivity index (χ2v) is 5.99. The summed E-state index contributed by atoms with van der Waals surface area (Å²) in [5.74, 6) is 0.259. The first-order chi connectivity index (χ1) is 7.50. The number of nitrogens with two attached hydrogens (primary N) is 1. The molecule has 90 valence electrons. The highest BCUT2D eigenvalue weighted by molar-refractivity contribution is 7.18. The normalized spacial score (nSPS) is 14.8. The van der Waals surface area contributed by atoms with E-state index in [2.05, 4.69) is 0 Å². The number of carbonyl (C=O) groups is 1. The molecule has 0 aromatic carbocycles. The molecule has 0 fully saturated rings.